The molecular formula is C14H26N3O2+. The Balaban J connectivity index is 1.89. The molecular weight excluding hydrogens is 242 g/mol. The number of nitrogens with zero attached hydrogens (tertiary/aromatic N) is 2. The molecule has 19 heavy (non-hydrogen) atoms. The van der Waals surface area contributed by atoms with Crippen LogP contribution in [-0.2, 0) is 9.59 Å². The Morgan fingerprint density at radius 3 is 2.47 bits per heavy atom. The number of likely N-dealkylation sites (tertiary alicyclic amines) is 1. The van der Waals surface area contributed by atoms with Crippen LogP contribution in [-0.4, -0.2) is 66.9 Å². The van der Waals surface area contributed by atoms with Crippen molar-refractivity contribution in [1.29, 1.82) is 0 Å². The number of nitrogens with one attached hydrogen (secondary N) is 1. The Morgan fingerprint density at radius 1 is 1.37 bits per heavy atom. The molecule has 2 rings (SSSR count). The molecule has 0 saturated carbocycles. The van der Waals surface area contributed by atoms with Gasteiger partial charge in [0.2, 0.25) is 11.8 Å². The lowest BCUT2D eigenvalue weighted by Crippen LogP contribution is -3.14. The van der Waals surface area contributed by atoms with E-state index in [1.165, 1.54) is 0 Å². The monoisotopic (exact) mass is 268 g/mol. The van der Waals surface area contributed by atoms with Crippen molar-refractivity contribution in [2.24, 2.45) is 5.92 Å². The van der Waals surface area contributed by atoms with Crippen molar-refractivity contribution in [3.05, 3.63) is 0 Å². The molecule has 0 aromatic rings. The smallest absolute Gasteiger partial charge is 0.228 e. The van der Waals surface area contributed by atoms with Crippen LogP contribution < -0.4 is 4.90 Å². The molecule has 5 nitrogen and oxygen atoms in total. The number of hydrogen-bond donors (Lipinski definition) is 1. The average molecular weight is 268 g/mol. The quantitative estimate of drug-likeness (QED) is 0.713. The number of carbonyl (C=O) groups is 2. The molecule has 0 aromatic heterocycles. The third kappa shape index (κ3) is 3.08. The van der Waals surface area contributed by atoms with Crippen molar-refractivity contribution in [2.75, 3.05) is 39.3 Å². The number of rotatable bonds is 3. The molecule has 0 spiro atoms. The van der Waals surface area contributed by atoms with Gasteiger partial charge in [-0.25, -0.2) is 0 Å². The molecule has 1 N–H and O–H groups in total. The molecule has 108 valence electrons. The average Bonchev–Trinajstić information content (AvgIpc) is 2.80. The largest absolute Gasteiger partial charge is 0.339 e. The number of piperazine rings is 1. The van der Waals surface area contributed by atoms with Crippen molar-refractivity contribution in [2.45, 2.75) is 33.2 Å². The second-order valence-electron chi connectivity index (χ2n) is 5.97. The van der Waals surface area contributed by atoms with Gasteiger partial charge in [-0.1, -0.05) is 0 Å². The zero-order chi connectivity index (χ0) is 14.0. The first kappa shape index (κ1) is 14.3. The predicted molar refractivity (Wildman–Crippen MR) is 72.8 cm³/mol. The van der Waals surface area contributed by atoms with E-state index < -0.39 is 0 Å². The van der Waals surface area contributed by atoms with E-state index in [0.29, 0.717) is 13.0 Å². The van der Waals surface area contributed by atoms with Crippen LogP contribution in [0.15, 0.2) is 0 Å². The van der Waals surface area contributed by atoms with Gasteiger partial charge in [0.1, 0.15) is 0 Å². The first-order valence-electron chi connectivity index (χ1n) is 7.44. The lowest BCUT2D eigenvalue weighted by molar-refractivity contribution is -0.902. The molecule has 0 aliphatic carbocycles. The van der Waals surface area contributed by atoms with Crippen LogP contribution in [0, 0.1) is 5.92 Å². The third-order valence-electron chi connectivity index (χ3n) is 4.41. The second-order valence-corrected chi connectivity index (χ2v) is 5.97. The number of hydrogen-bond acceptors (Lipinski definition) is 2. The van der Waals surface area contributed by atoms with Crippen LogP contribution in [0.5, 0.6) is 0 Å². The van der Waals surface area contributed by atoms with Crippen molar-refractivity contribution in [1.82, 2.24) is 9.80 Å². The highest BCUT2D eigenvalue weighted by molar-refractivity contribution is 5.89. The SMILES string of the molecule is CC[NH+]1CCN(C(=O)[C@@H]2CC(=O)N(C(C)C)C2)CC1. The standard InChI is InChI=1S/C14H25N3O2/c1-4-15-5-7-16(8-6-15)14(19)12-9-13(18)17(10-12)11(2)3/h11-12H,4-10H2,1-3H3/p+1/t12-/m1/s1. The number of likely N-dealkylation sites (N-methyl/N-ethyl adjacent to an activating group) is 1. The normalized spacial score (nSPS) is 25.5. The second kappa shape index (κ2) is 5.90. The van der Waals surface area contributed by atoms with Crippen molar-refractivity contribution >= 4 is 11.8 Å². The summed E-state index contributed by atoms with van der Waals surface area (Å²) < 4.78 is 0. The first-order valence-corrected chi connectivity index (χ1v) is 7.44. The molecule has 1 atom stereocenters. The van der Waals surface area contributed by atoms with Gasteiger partial charge in [0.05, 0.1) is 38.6 Å². The highest BCUT2D eigenvalue weighted by atomic mass is 16.2. The topological polar surface area (TPSA) is 45.1 Å². The van der Waals surface area contributed by atoms with Gasteiger partial charge >= 0.3 is 0 Å². The van der Waals surface area contributed by atoms with Crippen LogP contribution in [0.1, 0.15) is 27.2 Å². The fraction of sp³-hybridized carbons (Fsp3) is 0.857. The molecule has 2 heterocycles. The summed E-state index contributed by atoms with van der Waals surface area (Å²) in [4.78, 5) is 29.7. The maximum absolute atomic E-state index is 12.4. The minimum Gasteiger partial charge on any atom is -0.339 e. The maximum atomic E-state index is 12.4. The third-order valence-corrected chi connectivity index (χ3v) is 4.41. The molecule has 2 fully saturated rings. The van der Waals surface area contributed by atoms with Crippen LogP contribution in [0.25, 0.3) is 0 Å². The molecule has 2 aliphatic heterocycles. The molecule has 0 aromatic carbocycles. The molecule has 5 heteroatoms. The molecule has 2 saturated heterocycles. The summed E-state index contributed by atoms with van der Waals surface area (Å²) in [5.41, 5.74) is 0. The van der Waals surface area contributed by atoms with E-state index in [1.807, 2.05) is 23.6 Å². The number of quaternary nitrogens is 1. The highest BCUT2D eigenvalue weighted by Gasteiger charge is 2.38. The van der Waals surface area contributed by atoms with E-state index in [9.17, 15) is 9.59 Å². The highest BCUT2D eigenvalue weighted by Crippen LogP contribution is 2.22. The van der Waals surface area contributed by atoms with Crippen molar-refractivity contribution < 1.29 is 14.5 Å². The summed E-state index contributed by atoms with van der Waals surface area (Å²) in [7, 11) is 0. The Kier molecular flexibility index (Phi) is 4.45. The zero-order valence-corrected chi connectivity index (χ0v) is 12.3. The maximum Gasteiger partial charge on any atom is 0.228 e. The van der Waals surface area contributed by atoms with E-state index in [0.717, 1.165) is 32.7 Å². The van der Waals surface area contributed by atoms with Crippen molar-refractivity contribution in [3.8, 4) is 0 Å². The summed E-state index contributed by atoms with van der Waals surface area (Å²) >= 11 is 0. The van der Waals surface area contributed by atoms with Gasteiger partial charge in [0.15, 0.2) is 0 Å². The van der Waals surface area contributed by atoms with Crippen LogP contribution in [0.3, 0.4) is 0 Å². The Labute approximate surface area is 115 Å². The Hall–Kier alpha value is -1.10. The van der Waals surface area contributed by atoms with E-state index >= 15 is 0 Å². The lowest BCUT2D eigenvalue weighted by atomic mass is 10.1. The van der Waals surface area contributed by atoms with Gasteiger partial charge in [-0.15, -0.1) is 0 Å². The molecule has 0 unspecified atom stereocenters. The Bertz CT molecular complexity index is 349. The van der Waals surface area contributed by atoms with Crippen LogP contribution in [0.2, 0.25) is 0 Å². The van der Waals surface area contributed by atoms with E-state index in [1.54, 1.807) is 4.90 Å². The summed E-state index contributed by atoms with van der Waals surface area (Å²) in [6.45, 7) is 11.7. The minimum atomic E-state index is -0.113. The molecule has 0 radical (unpaired) electrons. The van der Waals surface area contributed by atoms with E-state index in [-0.39, 0.29) is 23.8 Å². The zero-order valence-electron chi connectivity index (χ0n) is 12.3. The number of amides is 2. The summed E-state index contributed by atoms with van der Waals surface area (Å²) in [5, 5.41) is 0. The Morgan fingerprint density at radius 2 is 2.00 bits per heavy atom. The minimum absolute atomic E-state index is 0.113. The van der Waals surface area contributed by atoms with Gasteiger partial charge in [0.25, 0.3) is 0 Å². The van der Waals surface area contributed by atoms with Crippen LogP contribution >= 0.6 is 0 Å². The molecule has 2 aliphatic rings. The fourth-order valence-electron chi connectivity index (χ4n) is 3.05. The number of carbonyl (C=O) groups excluding carboxylic acids is 2. The predicted octanol–water partition coefficient (Wildman–Crippen LogP) is -1.01. The van der Waals surface area contributed by atoms with Gasteiger partial charge in [-0.05, 0) is 20.8 Å². The molecule has 2 amide bonds. The van der Waals surface area contributed by atoms with Gasteiger partial charge in [-0.3, -0.25) is 9.59 Å². The van der Waals surface area contributed by atoms with Gasteiger partial charge < -0.3 is 14.7 Å². The van der Waals surface area contributed by atoms with Gasteiger partial charge in [-0.2, -0.15) is 0 Å². The lowest BCUT2D eigenvalue weighted by Gasteiger charge is -2.33. The fourth-order valence-corrected chi connectivity index (χ4v) is 3.05. The van der Waals surface area contributed by atoms with Gasteiger partial charge in [0, 0.05) is 19.0 Å². The van der Waals surface area contributed by atoms with Crippen LogP contribution in [0.4, 0.5) is 0 Å². The van der Waals surface area contributed by atoms with Crippen molar-refractivity contribution in [3.63, 3.8) is 0 Å². The summed E-state index contributed by atoms with van der Waals surface area (Å²) in [6, 6.07) is 0.201. The van der Waals surface area contributed by atoms with E-state index in [2.05, 4.69) is 6.92 Å². The summed E-state index contributed by atoms with van der Waals surface area (Å²) in [5.74, 6) is 0.205. The first-order chi connectivity index (χ1) is 9.02. The molecule has 0 bridgehead atoms. The van der Waals surface area contributed by atoms with E-state index in [4.69, 9.17) is 0 Å². The summed E-state index contributed by atoms with van der Waals surface area (Å²) in [6.07, 6.45) is 0.401.